The second-order valence-electron chi connectivity index (χ2n) is 7.33. The van der Waals surface area contributed by atoms with Gasteiger partial charge in [-0.2, -0.15) is 0 Å². The van der Waals surface area contributed by atoms with Gasteiger partial charge in [0.05, 0.1) is 0 Å². The first-order chi connectivity index (χ1) is 12.3. The van der Waals surface area contributed by atoms with Crippen LogP contribution in [0.2, 0.25) is 0 Å². The van der Waals surface area contributed by atoms with Crippen molar-refractivity contribution in [2.45, 2.75) is 71.1 Å². The van der Waals surface area contributed by atoms with E-state index >= 15 is 0 Å². The van der Waals surface area contributed by atoms with E-state index in [1.807, 2.05) is 18.2 Å². The first kappa shape index (κ1) is 17.9. The van der Waals surface area contributed by atoms with E-state index in [0.29, 0.717) is 0 Å². The third-order valence-electron chi connectivity index (χ3n) is 5.36. The molecule has 0 saturated carbocycles. The number of hydrogen-bond acceptors (Lipinski definition) is 1. The Hall–Kier alpha value is -1.89. The fraction of sp³-hybridized carbons (Fsp3) is 0.458. The number of carbonyl (C=O) groups is 1. The Morgan fingerprint density at radius 1 is 0.640 bits per heavy atom. The van der Waals surface area contributed by atoms with Crippen LogP contribution >= 0.6 is 0 Å². The number of hydrogen-bond donors (Lipinski definition) is 0. The standard InChI is InChI=1S/C24H30O/c1-2-3-4-5-6-7-8-9-10-13-19-16-17-21-20-14-11-12-15-22(20)24(25)23(21)18-19/h11-12,14-18H,2-10,13H2,1H3. The van der Waals surface area contributed by atoms with Gasteiger partial charge in [0.25, 0.3) is 0 Å². The van der Waals surface area contributed by atoms with Crippen molar-refractivity contribution < 1.29 is 4.79 Å². The quantitative estimate of drug-likeness (QED) is 0.366. The van der Waals surface area contributed by atoms with E-state index in [1.54, 1.807) is 0 Å². The van der Waals surface area contributed by atoms with Crippen molar-refractivity contribution >= 4 is 5.78 Å². The molecule has 0 radical (unpaired) electrons. The van der Waals surface area contributed by atoms with E-state index in [0.717, 1.165) is 28.7 Å². The molecular weight excluding hydrogens is 304 g/mol. The Labute approximate surface area is 152 Å². The maximum absolute atomic E-state index is 12.6. The highest BCUT2D eigenvalue weighted by Gasteiger charge is 2.25. The summed E-state index contributed by atoms with van der Waals surface area (Å²) < 4.78 is 0. The number of aryl methyl sites for hydroxylation is 1. The van der Waals surface area contributed by atoms with E-state index in [1.165, 1.54) is 63.4 Å². The Bertz CT molecular complexity index is 714. The van der Waals surface area contributed by atoms with E-state index < -0.39 is 0 Å². The fourth-order valence-electron chi connectivity index (χ4n) is 3.87. The van der Waals surface area contributed by atoms with Gasteiger partial charge in [0.1, 0.15) is 0 Å². The van der Waals surface area contributed by atoms with E-state index in [-0.39, 0.29) is 5.78 Å². The van der Waals surface area contributed by atoms with Gasteiger partial charge in [-0.1, -0.05) is 94.7 Å². The van der Waals surface area contributed by atoms with Gasteiger partial charge in [0.15, 0.2) is 5.78 Å². The fourth-order valence-corrected chi connectivity index (χ4v) is 3.87. The molecule has 0 unspecified atom stereocenters. The van der Waals surface area contributed by atoms with Crippen LogP contribution in [0.15, 0.2) is 42.5 Å². The Morgan fingerprint density at radius 2 is 1.24 bits per heavy atom. The largest absolute Gasteiger partial charge is 0.289 e. The molecule has 0 spiro atoms. The summed E-state index contributed by atoms with van der Waals surface area (Å²) in [7, 11) is 0. The van der Waals surface area contributed by atoms with Gasteiger partial charge >= 0.3 is 0 Å². The predicted molar refractivity (Wildman–Crippen MR) is 106 cm³/mol. The molecule has 0 aliphatic heterocycles. The van der Waals surface area contributed by atoms with Gasteiger partial charge in [-0.3, -0.25) is 4.79 Å². The Kier molecular flexibility index (Phi) is 6.44. The van der Waals surface area contributed by atoms with Gasteiger partial charge in [-0.15, -0.1) is 0 Å². The maximum Gasteiger partial charge on any atom is 0.194 e. The predicted octanol–water partition coefficient (Wildman–Crippen LogP) is 6.97. The number of unbranched alkanes of at least 4 members (excludes halogenated alkanes) is 8. The minimum absolute atomic E-state index is 0.194. The molecule has 1 aliphatic carbocycles. The second-order valence-corrected chi connectivity index (χ2v) is 7.33. The summed E-state index contributed by atoms with van der Waals surface area (Å²) in [6, 6.07) is 14.4. The minimum Gasteiger partial charge on any atom is -0.289 e. The Morgan fingerprint density at radius 3 is 1.96 bits per heavy atom. The summed E-state index contributed by atoms with van der Waals surface area (Å²) in [4.78, 5) is 12.6. The van der Waals surface area contributed by atoms with Crippen LogP contribution in [0.3, 0.4) is 0 Å². The van der Waals surface area contributed by atoms with Crippen LogP contribution < -0.4 is 0 Å². The van der Waals surface area contributed by atoms with Crippen molar-refractivity contribution in [2.24, 2.45) is 0 Å². The van der Waals surface area contributed by atoms with Gasteiger partial charge in [0.2, 0.25) is 0 Å². The third kappa shape index (κ3) is 4.39. The first-order valence-electron chi connectivity index (χ1n) is 10.1. The monoisotopic (exact) mass is 334 g/mol. The molecule has 132 valence electrons. The summed E-state index contributed by atoms with van der Waals surface area (Å²) in [5.74, 6) is 0.194. The van der Waals surface area contributed by atoms with Crippen LogP contribution in [0.25, 0.3) is 11.1 Å². The van der Waals surface area contributed by atoms with Crippen LogP contribution in [0, 0.1) is 0 Å². The highest BCUT2D eigenvalue weighted by atomic mass is 16.1. The van der Waals surface area contributed by atoms with Crippen LogP contribution in [-0.4, -0.2) is 5.78 Å². The minimum atomic E-state index is 0.194. The molecule has 0 aromatic heterocycles. The van der Waals surface area contributed by atoms with Crippen molar-refractivity contribution in [3.63, 3.8) is 0 Å². The normalized spacial score (nSPS) is 12.3. The molecule has 0 fully saturated rings. The molecule has 0 bridgehead atoms. The zero-order chi connectivity index (χ0) is 17.5. The first-order valence-corrected chi connectivity index (χ1v) is 10.1. The van der Waals surface area contributed by atoms with E-state index in [4.69, 9.17) is 0 Å². The third-order valence-corrected chi connectivity index (χ3v) is 5.36. The lowest BCUT2D eigenvalue weighted by molar-refractivity contribution is 0.104. The zero-order valence-corrected chi connectivity index (χ0v) is 15.5. The van der Waals surface area contributed by atoms with Crippen LogP contribution in [0.5, 0.6) is 0 Å². The number of carbonyl (C=O) groups excluding carboxylic acids is 1. The molecular formula is C24H30O. The SMILES string of the molecule is CCCCCCCCCCCc1ccc2c(c1)C(=O)c1ccccc1-2. The molecule has 0 atom stereocenters. The van der Waals surface area contributed by atoms with Crippen LogP contribution in [0.1, 0.15) is 86.2 Å². The van der Waals surface area contributed by atoms with Gasteiger partial charge in [0, 0.05) is 11.1 Å². The smallest absolute Gasteiger partial charge is 0.194 e. The van der Waals surface area contributed by atoms with Gasteiger partial charge < -0.3 is 0 Å². The second kappa shape index (κ2) is 8.99. The Balaban J connectivity index is 1.44. The lowest BCUT2D eigenvalue weighted by Gasteiger charge is -2.05. The maximum atomic E-state index is 12.6. The lowest BCUT2D eigenvalue weighted by Crippen LogP contribution is -1.96. The van der Waals surface area contributed by atoms with E-state index in [9.17, 15) is 4.79 Å². The number of benzene rings is 2. The summed E-state index contributed by atoms with van der Waals surface area (Å²) >= 11 is 0. The zero-order valence-electron chi connectivity index (χ0n) is 15.5. The molecule has 2 aromatic carbocycles. The average Bonchev–Trinajstić information content (AvgIpc) is 2.93. The molecule has 2 aromatic rings. The lowest BCUT2D eigenvalue weighted by atomic mass is 9.99. The molecule has 0 N–H and O–H groups in total. The van der Waals surface area contributed by atoms with E-state index in [2.05, 4.69) is 31.2 Å². The highest BCUT2D eigenvalue weighted by molar-refractivity contribution is 6.21. The summed E-state index contributed by atoms with van der Waals surface area (Å²) in [5.41, 5.74) is 5.27. The molecule has 1 nitrogen and oxygen atoms in total. The van der Waals surface area contributed by atoms with Crippen LogP contribution in [0.4, 0.5) is 0 Å². The topological polar surface area (TPSA) is 17.1 Å². The van der Waals surface area contributed by atoms with Crippen molar-refractivity contribution in [1.82, 2.24) is 0 Å². The molecule has 0 amide bonds. The summed E-state index contributed by atoms with van der Waals surface area (Å²) in [6.07, 6.45) is 13.3. The van der Waals surface area contributed by atoms with Crippen LogP contribution in [-0.2, 0) is 6.42 Å². The molecule has 0 saturated heterocycles. The molecule has 3 rings (SSSR count). The number of rotatable bonds is 10. The number of ketones is 1. The summed E-state index contributed by atoms with van der Waals surface area (Å²) in [5, 5.41) is 0. The molecule has 0 heterocycles. The van der Waals surface area contributed by atoms with Crippen molar-refractivity contribution in [2.75, 3.05) is 0 Å². The van der Waals surface area contributed by atoms with Crippen molar-refractivity contribution in [3.8, 4) is 11.1 Å². The average molecular weight is 335 g/mol. The highest BCUT2D eigenvalue weighted by Crippen LogP contribution is 2.36. The van der Waals surface area contributed by atoms with Gasteiger partial charge in [-0.05, 0) is 35.6 Å². The molecule has 1 heteroatoms. The molecule has 1 aliphatic rings. The summed E-state index contributed by atoms with van der Waals surface area (Å²) in [6.45, 7) is 2.27. The van der Waals surface area contributed by atoms with Crippen molar-refractivity contribution in [3.05, 3.63) is 59.2 Å². The number of fused-ring (bicyclic) bond motifs is 3. The van der Waals surface area contributed by atoms with Crippen molar-refractivity contribution in [1.29, 1.82) is 0 Å². The van der Waals surface area contributed by atoms with Gasteiger partial charge in [-0.25, -0.2) is 0 Å². The molecule has 25 heavy (non-hydrogen) atoms.